The fraction of sp³-hybridized carbons (Fsp3) is 0.750. The first-order valence-electron chi connectivity index (χ1n) is 7.75. The number of rotatable bonds is 5. The molecule has 2 aromatic rings. The Kier molecular flexibility index (Phi) is 4.39. The van der Waals surface area contributed by atoms with Crippen molar-refractivity contribution >= 4 is 22.8 Å². The maximum atomic E-state index is 6.38. The molecule has 0 amide bonds. The molecule has 0 saturated carbocycles. The molecule has 2 aromatic heterocycles. The summed E-state index contributed by atoms with van der Waals surface area (Å²) in [4.78, 5) is 4.79. The molecule has 0 aliphatic carbocycles. The molecule has 0 aromatic carbocycles. The summed E-state index contributed by atoms with van der Waals surface area (Å²) in [6, 6.07) is 0. The van der Waals surface area contributed by atoms with Gasteiger partial charge in [-0.15, -0.1) is 11.6 Å². The van der Waals surface area contributed by atoms with Gasteiger partial charge in [-0.1, -0.05) is 34.6 Å². The van der Waals surface area contributed by atoms with Crippen LogP contribution in [0.2, 0.25) is 0 Å². The van der Waals surface area contributed by atoms with Crippen molar-refractivity contribution in [2.45, 2.75) is 59.9 Å². The Morgan fingerprint density at radius 1 is 1.24 bits per heavy atom. The van der Waals surface area contributed by atoms with E-state index in [-0.39, 0.29) is 10.8 Å². The number of fused-ring (bicyclic) bond motifs is 1. The zero-order valence-electron chi connectivity index (χ0n) is 14.2. The summed E-state index contributed by atoms with van der Waals surface area (Å²) in [5.41, 5.74) is 3.31. The summed E-state index contributed by atoms with van der Waals surface area (Å²) in [7, 11) is 1.99. The highest BCUT2D eigenvalue weighted by Gasteiger charge is 2.28. The molecule has 0 bridgehead atoms. The molecule has 0 spiro atoms. The third-order valence-corrected chi connectivity index (χ3v) is 4.84. The third kappa shape index (κ3) is 2.83. The van der Waals surface area contributed by atoms with Crippen molar-refractivity contribution < 1.29 is 0 Å². The Morgan fingerprint density at radius 3 is 2.33 bits per heavy atom. The van der Waals surface area contributed by atoms with Crippen LogP contribution in [0.5, 0.6) is 0 Å². The van der Waals surface area contributed by atoms with Gasteiger partial charge in [-0.25, -0.2) is 4.98 Å². The van der Waals surface area contributed by atoms with Crippen LogP contribution in [0.4, 0.5) is 0 Å². The van der Waals surface area contributed by atoms with E-state index in [2.05, 4.69) is 44.3 Å². The number of hydrogen-bond donors (Lipinski definition) is 0. The molecule has 1 atom stereocenters. The van der Waals surface area contributed by atoms with E-state index in [1.54, 1.807) is 0 Å². The lowest BCUT2D eigenvalue weighted by molar-refractivity contribution is 0.209. The highest BCUT2D eigenvalue weighted by molar-refractivity contribution is 6.20. The highest BCUT2D eigenvalue weighted by Crippen LogP contribution is 2.33. The van der Waals surface area contributed by atoms with Gasteiger partial charge in [-0.2, -0.15) is 5.10 Å². The van der Waals surface area contributed by atoms with Gasteiger partial charge in [-0.05, 0) is 24.7 Å². The van der Waals surface area contributed by atoms with Gasteiger partial charge in [0.1, 0.15) is 11.3 Å². The molecule has 21 heavy (non-hydrogen) atoms. The van der Waals surface area contributed by atoms with E-state index in [1.165, 1.54) is 0 Å². The maximum absolute atomic E-state index is 6.38. The van der Waals surface area contributed by atoms with E-state index in [0.29, 0.717) is 5.92 Å². The second-order valence-corrected chi connectivity index (χ2v) is 7.57. The number of imidazole rings is 1. The molecule has 1 unspecified atom stereocenters. The molecule has 118 valence electrons. The Hall–Kier alpha value is -1.03. The van der Waals surface area contributed by atoms with E-state index < -0.39 is 0 Å². The van der Waals surface area contributed by atoms with Crippen LogP contribution in [0.25, 0.3) is 11.2 Å². The van der Waals surface area contributed by atoms with E-state index >= 15 is 0 Å². The Balaban J connectivity index is 2.64. The third-order valence-electron chi connectivity index (χ3n) is 4.64. The van der Waals surface area contributed by atoms with Crippen molar-refractivity contribution in [1.29, 1.82) is 0 Å². The van der Waals surface area contributed by atoms with Crippen LogP contribution in [-0.4, -0.2) is 19.3 Å². The predicted molar refractivity (Wildman–Crippen MR) is 88.8 cm³/mol. The summed E-state index contributed by atoms with van der Waals surface area (Å²) in [6.45, 7) is 14.1. The number of aryl methyl sites for hydroxylation is 2. The molecular weight excluding hydrogens is 284 g/mol. The van der Waals surface area contributed by atoms with Crippen LogP contribution in [0.1, 0.15) is 58.4 Å². The zero-order chi connectivity index (χ0) is 15.9. The van der Waals surface area contributed by atoms with Crippen LogP contribution in [0.3, 0.4) is 0 Å². The first-order valence-corrected chi connectivity index (χ1v) is 8.18. The van der Waals surface area contributed by atoms with Gasteiger partial charge in [0.25, 0.3) is 0 Å². The Labute approximate surface area is 132 Å². The molecule has 2 heterocycles. The summed E-state index contributed by atoms with van der Waals surface area (Å²) < 4.78 is 4.21. The van der Waals surface area contributed by atoms with Crippen LogP contribution >= 0.6 is 11.6 Å². The van der Waals surface area contributed by atoms with Gasteiger partial charge < -0.3 is 4.57 Å². The molecule has 5 heteroatoms. The van der Waals surface area contributed by atoms with Crippen molar-refractivity contribution in [1.82, 2.24) is 19.3 Å². The van der Waals surface area contributed by atoms with Crippen LogP contribution in [0.15, 0.2) is 0 Å². The molecule has 0 radical (unpaired) electrons. The summed E-state index contributed by atoms with van der Waals surface area (Å²) in [6.07, 6.45) is 0.887. The van der Waals surface area contributed by atoms with Gasteiger partial charge in [0.2, 0.25) is 0 Å². The average molecular weight is 311 g/mol. The highest BCUT2D eigenvalue weighted by atomic mass is 35.5. The first-order chi connectivity index (χ1) is 9.69. The van der Waals surface area contributed by atoms with E-state index in [1.807, 2.05) is 18.7 Å². The van der Waals surface area contributed by atoms with Crippen LogP contribution < -0.4 is 0 Å². The summed E-state index contributed by atoms with van der Waals surface area (Å²) in [5.74, 6) is 1.52. The van der Waals surface area contributed by atoms with Crippen molar-refractivity contribution in [2.75, 3.05) is 0 Å². The Morgan fingerprint density at radius 2 is 1.86 bits per heavy atom. The lowest BCUT2D eigenvalue weighted by Crippen LogP contribution is -2.27. The van der Waals surface area contributed by atoms with Gasteiger partial charge >= 0.3 is 0 Å². The second kappa shape index (κ2) is 5.64. The fourth-order valence-corrected chi connectivity index (χ4v) is 2.71. The summed E-state index contributed by atoms with van der Waals surface area (Å²) >= 11 is 6.38. The minimum absolute atomic E-state index is 0.106. The molecule has 2 rings (SSSR count). The largest absolute Gasteiger partial charge is 0.311 e. The van der Waals surface area contributed by atoms with Crippen molar-refractivity contribution in [3.05, 3.63) is 11.5 Å². The minimum atomic E-state index is -0.106. The number of alkyl halides is 1. The van der Waals surface area contributed by atoms with Crippen LogP contribution in [0, 0.1) is 11.3 Å². The molecule has 0 N–H and O–H groups in total. The maximum Gasteiger partial charge on any atom is 0.158 e. The van der Waals surface area contributed by atoms with Gasteiger partial charge in [-0.3, -0.25) is 4.68 Å². The number of hydrogen-bond acceptors (Lipinski definition) is 2. The molecule has 0 fully saturated rings. The second-order valence-electron chi connectivity index (χ2n) is 6.91. The quantitative estimate of drug-likeness (QED) is 0.771. The lowest BCUT2D eigenvalue weighted by Gasteiger charge is -2.30. The number of aromatic nitrogens is 4. The predicted octanol–water partition coefficient (Wildman–Crippen LogP) is 4.31. The topological polar surface area (TPSA) is 35.6 Å². The zero-order valence-corrected chi connectivity index (χ0v) is 15.0. The monoisotopic (exact) mass is 310 g/mol. The lowest BCUT2D eigenvalue weighted by atomic mass is 9.81. The molecule has 0 aliphatic rings. The smallest absolute Gasteiger partial charge is 0.158 e. The fourth-order valence-electron chi connectivity index (χ4n) is 2.55. The molecule has 0 aliphatic heterocycles. The molecule has 0 saturated heterocycles. The first kappa shape index (κ1) is 16.3. The number of halogens is 1. The standard InChI is InChI=1S/C16H27ClN4/c1-8-12-13-15(20(7)19-12)21(14(18-13)11(4)17)9-16(5,6)10(2)3/h10-11H,8-9H2,1-7H3. The van der Waals surface area contributed by atoms with E-state index in [0.717, 1.165) is 35.6 Å². The minimum Gasteiger partial charge on any atom is -0.311 e. The molecular formula is C16H27ClN4. The Bertz CT molecular complexity index is 634. The average Bonchev–Trinajstić information content (AvgIpc) is 2.88. The van der Waals surface area contributed by atoms with Crippen LogP contribution in [-0.2, 0) is 20.0 Å². The van der Waals surface area contributed by atoms with Crippen molar-refractivity contribution in [2.24, 2.45) is 18.4 Å². The number of nitrogens with zero attached hydrogens (tertiary/aromatic N) is 4. The van der Waals surface area contributed by atoms with Crippen molar-refractivity contribution in [3.8, 4) is 0 Å². The van der Waals surface area contributed by atoms with E-state index in [9.17, 15) is 0 Å². The summed E-state index contributed by atoms with van der Waals surface area (Å²) in [5, 5.41) is 4.49. The van der Waals surface area contributed by atoms with Crippen molar-refractivity contribution in [3.63, 3.8) is 0 Å². The SMILES string of the molecule is CCc1nn(C)c2c1nc(C(C)Cl)n2CC(C)(C)C(C)C. The molecule has 4 nitrogen and oxygen atoms in total. The van der Waals surface area contributed by atoms with Gasteiger partial charge in [0.05, 0.1) is 11.1 Å². The van der Waals surface area contributed by atoms with Gasteiger partial charge in [0.15, 0.2) is 5.65 Å². The normalized spacial score (nSPS) is 14.3. The van der Waals surface area contributed by atoms with Gasteiger partial charge in [0, 0.05) is 13.6 Å². The van der Waals surface area contributed by atoms with E-state index in [4.69, 9.17) is 16.6 Å².